The zero-order chi connectivity index (χ0) is 16.9. The number of H-pyrrole nitrogens is 1. The first-order valence-electron chi connectivity index (χ1n) is 7.84. The number of carbonyl (C=O) groups excluding carboxylic acids is 1. The monoisotopic (exact) mass is 343 g/mol. The topological polar surface area (TPSA) is 78.0 Å². The van der Waals surface area contributed by atoms with Gasteiger partial charge in [-0.25, -0.2) is 0 Å². The number of nitrogens with one attached hydrogen (secondary N) is 2. The van der Waals surface area contributed by atoms with Gasteiger partial charge in [-0.15, -0.1) is 0 Å². The molecule has 0 bridgehead atoms. The highest BCUT2D eigenvalue weighted by Gasteiger charge is 2.09. The molecule has 0 saturated carbocycles. The van der Waals surface area contributed by atoms with Crippen molar-refractivity contribution in [2.75, 3.05) is 6.54 Å². The highest BCUT2D eigenvalue weighted by molar-refractivity contribution is 6.31. The predicted molar refractivity (Wildman–Crippen MR) is 94.5 cm³/mol. The molecule has 0 aliphatic carbocycles. The van der Waals surface area contributed by atoms with Crippen LogP contribution in [0.3, 0.4) is 0 Å². The fraction of sp³-hybridized carbons (Fsp3) is 0.222. The Labute approximate surface area is 144 Å². The molecule has 0 atom stereocenters. The lowest BCUT2D eigenvalue weighted by Gasteiger charge is -2.06. The minimum atomic E-state index is -0.257. The van der Waals surface area contributed by atoms with Gasteiger partial charge in [0, 0.05) is 17.0 Å². The third kappa shape index (κ3) is 3.68. The number of aromatic nitrogens is 2. The summed E-state index contributed by atoms with van der Waals surface area (Å²) >= 11 is 5.96. The summed E-state index contributed by atoms with van der Waals surface area (Å²) in [6.07, 6.45) is 2.57. The molecular weight excluding hydrogens is 326 g/mol. The maximum absolute atomic E-state index is 12.0. The molecule has 2 aromatic carbocycles. The lowest BCUT2D eigenvalue weighted by atomic mass is 10.1. The molecule has 0 aliphatic heterocycles. The van der Waals surface area contributed by atoms with Crippen LogP contribution in [0.25, 0.3) is 10.9 Å². The van der Waals surface area contributed by atoms with Gasteiger partial charge in [0.25, 0.3) is 5.91 Å². The Morgan fingerprint density at radius 3 is 2.88 bits per heavy atom. The SMILES string of the molecule is O=C(NCCCCc1n[nH]c2cc(Cl)ccc12)c1ccccc1O. The Morgan fingerprint density at radius 1 is 1.21 bits per heavy atom. The maximum atomic E-state index is 12.0. The second kappa shape index (κ2) is 7.36. The van der Waals surface area contributed by atoms with Crippen molar-refractivity contribution in [2.45, 2.75) is 19.3 Å². The number of amides is 1. The van der Waals surface area contributed by atoms with Gasteiger partial charge in [0.05, 0.1) is 16.8 Å². The highest BCUT2D eigenvalue weighted by Crippen LogP contribution is 2.21. The first-order valence-corrected chi connectivity index (χ1v) is 8.21. The molecule has 0 unspecified atom stereocenters. The average molecular weight is 344 g/mol. The number of hydrogen-bond acceptors (Lipinski definition) is 3. The number of carbonyl (C=O) groups is 1. The van der Waals surface area contributed by atoms with Gasteiger partial charge in [-0.1, -0.05) is 23.7 Å². The number of phenols is 1. The van der Waals surface area contributed by atoms with Crippen LogP contribution in [0.15, 0.2) is 42.5 Å². The smallest absolute Gasteiger partial charge is 0.255 e. The van der Waals surface area contributed by atoms with Crippen LogP contribution in [0.5, 0.6) is 5.75 Å². The van der Waals surface area contributed by atoms with Crippen molar-refractivity contribution in [2.24, 2.45) is 0 Å². The van der Waals surface area contributed by atoms with Gasteiger partial charge < -0.3 is 10.4 Å². The molecular formula is C18H18ClN3O2. The fourth-order valence-corrected chi connectivity index (χ4v) is 2.79. The van der Waals surface area contributed by atoms with Crippen molar-refractivity contribution in [1.29, 1.82) is 0 Å². The van der Waals surface area contributed by atoms with Gasteiger partial charge in [0.1, 0.15) is 5.75 Å². The van der Waals surface area contributed by atoms with E-state index in [0.29, 0.717) is 17.1 Å². The number of nitrogens with zero attached hydrogens (tertiary/aromatic N) is 1. The molecule has 24 heavy (non-hydrogen) atoms. The number of hydrogen-bond donors (Lipinski definition) is 3. The van der Waals surface area contributed by atoms with Crippen LogP contribution in [-0.2, 0) is 6.42 Å². The highest BCUT2D eigenvalue weighted by atomic mass is 35.5. The minimum absolute atomic E-state index is 0.00310. The normalized spacial score (nSPS) is 10.9. The van der Waals surface area contributed by atoms with Crippen LogP contribution in [0.2, 0.25) is 5.02 Å². The van der Waals surface area contributed by atoms with Crippen molar-refractivity contribution in [3.8, 4) is 5.75 Å². The van der Waals surface area contributed by atoms with Crippen LogP contribution in [-0.4, -0.2) is 27.8 Å². The second-order valence-corrected chi connectivity index (χ2v) is 6.03. The summed E-state index contributed by atoms with van der Waals surface area (Å²) in [5.74, 6) is -0.260. The molecule has 0 aliphatic rings. The molecule has 6 heteroatoms. The number of halogens is 1. The number of phenolic OH excluding ortho intramolecular Hbond substituents is 1. The van der Waals surface area contributed by atoms with E-state index in [2.05, 4.69) is 15.5 Å². The Kier molecular flexibility index (Phi) is 5.01. The fourth-order valence-electron chi connectivity index (χ4n) is 2.62. The summed E-state index contributed by atoms with van der Waals surface area (Å²) in [6, 6.07) is 12.2. The van der Waals surface area contributed by atoms with Gasteiger partial charge in [-0.05, 0) is 49.6 Å². The molecule has 124 valence electrons. The van der Waals surface area contributed by atoms with Crippen molar-refractivity contribution < 1.29 is 9.90 Å². The quantitative estimate of drug-likeness (QED) is 0.597. The second-order valence-electron chi connectivity index (χ2n) is 5.59. The van der Waals surface area contributed by atoms with Gasteiger partial charge >= 0.3 is 0 Å². The first kappa shape index (κ1) is 16.3. The van der Waals surface area contributed by atoms with Gasteiger partial charge in [-0.3, -0.25) is 9.89 Å². The third-order valence-corrected chi connectivity index (χ3v) is 4.11. The number of unbranched alkanes of at least 4 members (excludes halogenated alkanes) is 1. The van der Waals surface area contributed by atoms with E-state index in [4.69, 9.17) is 11.6 Å². The average Bonchev–Trinajstić information content (AvgIpc) is 2.97. The van der Waals surface area contributed by atoms with Crippen LogP contribution >= 0.6 is 11.6 Å². The van der Waals surface area contributed by atoms with E-state index in [-0.39, 0.29) is 11.7 Å². The number of benzene rings is 2. The Balaban J connectivity index is 1.47. The van der Waals surface area contributed by atoms with Gasteiger partial charge in [-0.2, -0.15) is 5.10 Å². The molecule has 0 saturated heterocycles. The van der Waals surface area contributed by atoms with Crippen molar-refractivity contribution in [3.05, 3.63) is 58.7 Å². The Bertz CT molecular complexity index is 860. The summed E-state index contributed by atoms with van der Waals surface area (Å²) in [6.45, 7) is 0.557. The van der Waals surface area contributed by atoms with E-state index in [1.54, 1.807) is 18.2 Å². The standard InChI is InChI=1S/C18H18ClN3O2/c19-12-8-9-13-15(21-22-16(13)11-12)6-3-4-10-20-18(24)14-5-1-2-7-17(14)23/h1-2,5,7-9,11,23H,3-4,6,10H2,(H,20,24)(H,21,22). The molecule has 1 aromatic heterocycles. The van der Waals surface area contributed by atoms with E-state index in [1.165, 1.54) is 6.07 Å². The summed E-state index contributed by atoms with van der Waals surface area (Å²) in [7, 11) is 0. The Morgan fingerprint density at radius 2 is 2.04 bits per heavy atom. The van der Waals surface area contributed by atoms with E-state index in [9.17, 15) is 9.90 Å². The van der Waals surface area contributed by atoms with Crippen LogP contribution in [0, 0.1) is 0 Å². The molecule has 3 aromatic rings. The van der Waals surface area contributed by atoms with Crippen molar-refractivity contribution >= 4 is 28.4 Å². The molecule has 0 spiro atoms. The number of aromatic hydroxyl groups is 1. The molecule has 0 fully saturated rings. The number of aryl methyl sites for hydroxylation is 1. The molecule has 5 nitrogen and oxygen atoms in total. The van der Waals surface area contributed by atoms with Crippen molar-refractivity contribution in [3.63, 3.8) is 0 Å². The van der Waals surface area contributed by atoms with E-state index in [0.717, 1.165) is 35.9 Å². The van der Waals surface area contributed by atoms with Crippen LogP contribution in [0.1, 0.15) is 28.9 Å². The predicted octanol–water partition coefficient (Wildman–Crippen LogP) is 3.67. The zero-order valence-electron chi connectivity index (χ0n) is 13.1. The van der Waals surface area contributed by atoms with Crippen LogP contribution < -0.4 is 5.32 Å². The minimum Gasteiger partial charge on any atom is -0.507 e. The number of aromatic amines is 1. The maximum Gasteiger partial charge on any atom is 0.255 e. The lowest BCUT2D eigenvalue weighted by molar-refractivity contribution is 0.0950. The van der Waals surface area contributed by atoms with E-state index < -0.39 is 0 Å². The largest absolute Gasteiger partial charge is 0.507 e. The van der Waals surface area contributed by atoms with Gasteiger partial charge in [0.2, 0.25) is 0 Å². The van der Waals surface area contributed by atoms with Gasteiger partial charge in [0.15, 0.2) is 0 Å². The molecule has 3 N–H and O–H groups in total. The molecule has 0 radical (unpaired) electrons. The summed E-state index contributed by atoms with van der Waals surface area (Å²) < 4.78 is 0. The van der Waals surface area contributed by atoms with Crippen molar-refractivity contribution in [1.82, 2.24) is 15.5 Å². The molecule has 1 amide bonds. The molecule has 1 heterocycles. The van der Waals surface area contributed by atoms with Crippen LogP contribution in [0.4, 0.5) is 0 Å². The number of rotatable bonds is 6. The summed E-state index contributed by atoms with van der Waals surface area (Å²) in [5.41, 5.74) is 2.24. The van der Waals surface area contributed by atoms with E-state index >= 15 is 0 Å². The Hall–Kier alpha value is -2.53. The number of fused-ring (bicyclic) bond motifs is 1. The third-order valence-electron chi connectivity index (χ3n) is 3.88. The first-order chi connectivity index (χ1) is 11.6. The lowest BCUT2D eigenvalue weighted by Crippen LogP contribution is -2.24. The number of para-hydroxylation sites is 1. The summed E-state index contributed by atoms with van der Waals surface area (Å²) in [4.78, 5) is 12.0. The van der Waals surface area contributed by atoms with E-state index in [1.807, 2.05) is 18.2 Å². The molecule has 3 rings (SSSR count). The summed E-state index contributed by atoms with van der Waals surface area (Å²) in [5, 5.41) is 21.5. The zero-order valence-corrected chi connectivity index (χ0v) is 13.8.